The third-order valence-electron chi connectivity index (χ3n) is 6.08. The first-order valence-electron chi connectivity index (χ1n) is 10.3. The average Bonchev–Trinajstić information content (AvgIpc) is 2.96. The van der Waals surface area contributed by atoms with E-state index in [2.05, 4.69) is 46.2 Å². The Kier molecular flexibility index (Phi) is 4.76. The number of hydrogen-bond acceptors (Lipinski definition) is 4. The van der Waals surface area contributed by atoms with Crippen molar-refractivity contribution in [3.8, 4) is 22.6 Å². The lowest BCUT2D eigenvalue weighted by atomic mass is 10.1. The zero-order valence-corrected chi connectivity index (χ0v) is 16.0. The van der Waals surface area contributed by atoms with E-state index < -0.39 is 0 Å². The molecule has 2 aliphatic heterocycles. The molecule has 4 heteroatoms. The maximum atomic E-state index is 6.01. The van der Waals surface area contributed by atoms with Gasteiger partial charge in [0.25, 0.3) is 0 Å². The smallest absolute Gasteiger partial charge is 0.120 e. The summed E-state index contributed by atoms with van der Waals surface area (Å²) in [6.45, 7) is 8.49. The van der Waals surface area contributed by atoms with Crippen molar-refractivity contribution < 1.29 is 9.47 Å². The fourth-order valence-electron chi connectivity index (χ4n) is 4.10. The van der Waals surface area contributed by atoms with Crippen LogP contribution in [0.1, 0.15) is 24.0 Å². The van der Waals surface area contributed by atoms with Gasteiger partial charge in [-0.05, 0) is 92.0 Å². The summed E-state index contributed by atoms with van der Waals surface area (Å²) < 4.78 is 12.0. The van der Waals surface area contributed by atoms with Crippen LogP contribution < -0.4 is 9.47 Å². The van der Waals surface area contributed by atoms with Gasteiger partial charge in [-0.25, -0.2) is 0 Å². The van der Waals surface area contributed by atoms with E-state index in [1.165, 1.54) is 61.3 Å². The minimum Gasteiger partial charge on any atom is -0.492 e. The van der Waals surface area contributed by atoms with E-state index in [0.29, 0.717) is 0 Å². The predicted octanol–water partition coefficient (Wildman–Crippen LogP) is 3.43. The van der Waals surface area contributed by atoms with E-state index in [9.17, 15) is 0 Å². The molecule has 0 atom stereocenters. The predicted molar refractivity (Wildman–Crippen MR) is 108 cm³/mol. The van der Waals surface area contributed by atoms with Crippen LogP contribution in [0.15, 0.2) is 36.4 Å². The van der Waals surface area contributed by atoms with Crippen LogP contribution in [0.3, 0.4) is 0 Å². The molecule has 0 radical (unpaired) electrons. The lowest BCUT2D eigenvalue weighted by Gasteiger charge is -2.30. The normalized spacial score (nSPS) is 18.4. The van der Waals surface area contributed by atoms with Crippen molar-refractivity contribution in [2.75, 3.05) is 52.5 Å². The molecule has 142 valence electrons. The second-order valence-corrected chi connectivity index (χ2v) is 7.90. The number of benzene rings is 2. The van der Waals surface area contributed by atoms with E-state index >= 15 is 0 Å². The number of fused-ring (bicyclic) bond motifs is 3. The fourth-order valence-corrected chi connectivity index (χ4v) is 4.10. The molecule has 2 aromatic carbocycles. The first-order valence-corrected chi connectivity index (χ1v) is 10.3. The van der Waals surface area contributed by atoms with Crippen molar-refractivity contribution >= 4 is 0 Å². The molecule has 0 aromatic heterocycles. The summed E-state index contributed by atoms with van der Waals surface area (Å²) in [4.78, 5) is 4.87. The molecule has 5 rings (SSSR count). The maximum Gasteiger partial charge on any atom is 0.120 e. The molecule has 27 heavy (non-hydrogen) atoms. The Morgan fingerprint density at radius 2 is 1.15 bits per heavy atom. The van der Waals surface area contributed by atoms with Crippen LogP contribution >= 0.6 is 0 Å². The Morgan fingerprint density at radius 3 is 1.56 bits per heavy atom. The van der Waals surface area contributed by atoms with E-state index in [0.717, 1.165) is 44.2 Å². The second-order valence-electron chi connectivity index (χ2n) is 7.90. The molecule has 0 bridgehead atoms. The molecule has 2 saturated heterocycles. The zero-order chi connectivity index (χ0) is 18.1. The van der Waals surface area contributed by atoms with Crippen molar-refractivity contribution in [3.05, 3.63) is 47.5 Å². The summed E-state index contributed by atoms with van der Waals surface area (Å²) >= 11 is 0. The van der Waals surface area contributed by atoms with Gasteiger partial charge in [0.1, 0.15) is 24.7 Å². The van der Waals surface area contributed by atoms with Crippen molar-refractivity contribution in [1.82, 2.24) is 9.80 Å². The molecule has 0 spiro atoms. The van der Waals surface area contributed by atoms with Gasteiger partial charge in [0.15, 0.2) is 0 Å². The number of likely N-dealkylation sites (tertiary alicyclic amines) is 2. The monoisotopic (exact) mass is 364 g/mol. The van der Waals surface area contributed by atoms with Crippen LogP contribution in [-0.4, -0.2) is 62.3 Å². The zero-order valence-electron chi connectivity index (χ0n) is 16.0. The molecule has 0 amide bonds. The van der Waals surface area contributed by atoms with Gasteiger partial charge in [-0.1, -0.05) is 12.1 Å². The summed E-state index contributed by atoms with van der Waals surface area (Å²) in [7, 11) is 0. The van der Waals surface area contributed by atoms with Crippen molar-refractivity contribution in [1.29, 1.82) is 0 Å². The highest BCUT2D eigenvalue weighted by Crippen LogP contribution is 2.40. The number of nitrogens with zero attached hydrogens (tertiary/aromatic N) is 2. The second kappa shape index (κ2) is 7.53. The van der Waals surface area contributed by atoms with Gasteiger partial charge in [-0.15, -0.1) is 0 Å². The summed E-state index contributed by atoms with van der Waals surface area (Å²) in [6.07, 6.45) is 3.67. The Bertz CT molecular complexity index is 745. The van der Waals surface area contributed by atoms with Gasteiger partial charge < -0.3 is 9.47 Å². The molecule has 3 aliphatic rings. The number of ether oxygens (including phenoxy) is 2. The molecule has 4 nitrogen and oxygen atoms in total. The molecule has 2 heterocycles. The molecule has 0 saturated carbocycles. The van der Waals surface area contributed by atoms with E-state index in [-0.39, 0.29) is 0 Å². The highest BCUT2D eigenvalue weighted by atomic mass is 16.5. The fraction of sp³-hybridized carbons (Fsp3) is 0.478. The molecule has 0 unspecified atom stereocenters. The topological polar surface area (TPSA) is 24.9 Å². The lowest BCUT2D eigenvalue weighted by Crippen LogP contribution is -2.39. The summed E-state index contributed by atoms with van der Waals surface area (Å²) in [6, 6.07) is 13.1. The Hall–Kier alpha value is -2.04. The standard InChI is InChI=1S/C23H28N2O2/c1-7-24(8-1)11-13-26-20-5-3-18-15-19-4-6-21(17-23(19)22(18)16-20)27-14-12-25-9-2-10-25/h3-6,16-17H,1-2,7-15H2. The van der Waals surface area contributed by atoms with Crippen LogP contribution in [0.5, 0.6) is 11.5 Å². The lowest BCUT2D eigenvalue weighted by molar-refractivity contribution is 0.147. The van der Waals surface area contributed by atoms with Gasteiger partial charge in [0.2, 0.25) is 0 Å². The van der Waals surface area contributed by atoms with Crippen LogP contribution in [-0.2, 0) is 6.42 Å². The molecular weight excluding hydrogens is 336 g/mol. The summed E-state index contributed by atoms with van der Waals surface area (Å²) in [5.41, 5.74) is 5.38. The van der Waals surface area contributed by atoms with Gasteiger partial charge in [0.05, 0.1) is 0 Å². The van der Waals surface area contributed by atoms with Crippen molar-refractivity contribution in [2.45, 2.75) is 19.3 Å². The largest absolute Gasteiger partial charge is 0.492 e. The first kappa shape index (κ1) is 17.1. The molecule has 0 N–H and O–H groups in total. The molecular formula is C23H28N2O2. The van der Waals surface area contributed by atoms with Gasteiger partial charge in [0, 0.05) is 13.1 Å². The molecule has 1 aliphatic carbocycles. The quantitative estimate of drug-likeness (QED) is 0.611. The third kappa shape index (κ3) is 3.69. The Balaban J connectivity index is 1.25. The molecule has 2 fully saturated rings. The average molecular weight is 364 g/mol. The SMILES string of the molecule is c1cc2c(cc1OCCN1CCC1)-c1cc(OCCN3CCC3)ccc1C2. The van der Waals surface area contributed by atoms with Crippen LogP contribution in [0.4, 0.5) is 0 Å². The van der Waals surface area contributed by atoms with Gasteiger partial charge in [-0.3, -0.25) is 9.80 Å². The van der Waals surface area contributed by atoms with E-state index in [4.69, 9.17) is 9.47 Å². The highest BCUT2D eigenvalue weighted by molar-refractivity contribution is 5.78. The van der Waals surface area contributed by atoms with Crippen molar-refractivity contribution in [2.24, 2.45) is 0 Å². The number of rotatable bonds is 8. The minimum atomic E-state index is 0.769. The minimum absolute atomic E-state index is 0.769. The third-order valence-corrected chi connectivity index (χ3v) is 6.08. The van der Waals surface area contributed by atoms with Gasteiger partial charge >= 0.3 is 0 Å². The summed E-state index contributed by atoms with van der Waals surface area (Å²) in [5.74, 6) is 1.96. The first-order chi connectivity index (χ1) is 13.3. The van der Waals surface area contributed by atoms with Crippen LogP contribution in [0.2, 0.25) is 0 Å². The van der Waals surface area contributed by atoms with E-state index in [1.807, 2.05) is 0 Å². The van der Waals surface area contributed by atoms with E-state index in [1.54, 1.807) is 0 Å². The van der Waals surface area contributed by atoms with Crippen LogP contribution in [0, 0.1) is 0 Å². The van der Waals surface area contributed by atoms with Gasteiger partial charge in [-0.2, -0.15) is 0 Å². The maximum absolute atomic E-state index is 6.01. The van der Waals surface area contributed by atoms with Crippen LogP contribution in [0.25, 0.3) is 11.1 Å². The Morgan fingerprint density at radius 1 is 0.667 bits per heavy atom. The highest BCUT2D eigenvalue weighted by Gasteiger charge is 2.20. The van der Waals surface area contributed by atoms with Crippen molar-refractivity contribution in [3.63, 3.8) is 0 Å². The molecule has 2 aromatic rings. The number of hydrogen-bond donors (Lipinski definition) is 0. The Labute approximate surface area is 161 Å². The summed E-state index contributed by atoms with van der Waals surface area (Å²) in [5, 5.41) is 0.